The van der Waals surface area contributed by atoms with Crippen molar-refractivity contribution in [2.45, 2.75) is 26.4 Å². The Morgan fingerprint density at radius 1 is 1.39 bits per heavy atom. The second-order valence-corrected chi connectivity index (χ2v) is 4.86. The summed E-state index contributed by atoms with van der Waals surface area (Å²) in [6.45, 7) is 6.14. The van der Waals surface area contributed by atoms with Crippen molar-refractivity contribution in [1.29, 1.82) is 0 Å². The largest absolute Gasteiger partial charge is 0.393 e. The Labute approximate surface area is 108 Å². The lowest BCUT2D eigenvalue weighted by atomic mass is 10.0. The Kier molecular flexibility index (Phi) is 6.07. The van der Waals surface area contributed by atoms with Gasteiger partial charge in [-0.25, -0.2) is 0 Å². The number of nitrogens with one attached hydrogen (secondary N) is 2. The first kappa shape index (κ1) is 14.9. The molecule has 1 saturated heterocycles. The third-order valence-electron chi connectivity index (χ3n) is 3.18. The number of hydrogen-bond acceptors (Lipinski definition) is 4. The van der Waals surface area contributed by atoms with Crippen LogP contribution < -0.4 is 10.6 Å². The van der Waals surface area contributed by atoms with E-state index >= 15 is 0 Å². The van der Waals surface area contributed by atoms with E-state index in [0.29, 0.717) is 19.6 Å². The van der Waals surface area contributed by atoms with Gasteiger partial charge in [0.05, 0.1) is 12.6 Å². The first-order valence-corrected chi connectivity index (χ1v) is 6.40. The van der Waals surface area contributed by atoms with Crippen LogP contribution in [0.15, 0.2) is 0 Å². The van der Waals surface area contributed by atoms with Gasteiger partial charge in [0.15, 0.2) is 0 Å². The van der Waals surface area contributed by atoms with Crippen LogP contribution in [-0.4, -0.2) is 60.6 Å². The van der Waals surface area contributed by atoms with Crippen LogP contribution in [0.3, 0.4) is 0 Å². The van der Waals surface area contributed by atoms with Crippen LogP contribution in [0.1, 0.15) is 20.3 Å². The van der Waals surface area contributed by atoms with Crippen LogP contribution >= 0.6 is 0 Å². The molecule has 104 valence electrons. The molecule has 1 aliphatic heterocycles. The lowest BCUT2D eigenvalue weighted by molar-refractivity contribution is -0.122. The molecule has 0 bridgehead atoms. The fraction of sp³-hybridized carbons (Fsp3) is 0.833. The molecule has 1 fully saturated rings. The van der Waals surface area contributed by atoms with Crippen molar-refractivity contribution in [2.75, 3.05) is 32.7 Å². The molecule has 1 rings (SSSR count). The van der Waals surface area contributed by atoms with E-state index in [1.807, 2.05) is 4.90 Å². The minimum atomic E-state index is -0.308. The fourth-order valence-corrected chi connectivity index (χ4v) is 2.10. The van der Waals surface area contributed by atoms with Gasteiger partial charge in [0.25, 0.3) is 0 Å². The van der Waals surface area contributed by atoms with Crippen molar-refractivity contribution in [3.63, 3.8) is 0 Å². The molecule has 0 aromatic carbocycles. The summed E-state index contributed by atoms with van der Waals surface area (Å²) >= 11 is 0. The molecule has 2 amide bonds. The van der Waals surface area contributed by atoms with Gasteiger partial charge < -0.3 is 15.7 Å². The van der Waals surface area contributed by atoms with Gasteiger partial charge in [-0.3, -0.25) is 14.5 Å². The van der Waals surface area contributed by atoms with E-state index in [-0.39, 0.29) is 23.8 Å². The standard InChI is InChI=1S/C12H23N3O3/c1-9(16)11-3-6-15(7-11)8-12(18)14-5-4-13-10(2)17/h9,11,16H,3-8H2,1-2H3,(H,13,17)(H,14,18). The van der Waals surface area contributed by atoms with Crippen molar-refractivity contribution in [2.24, 2.45) is 5.92 Å². The molecule has 0 aromatic heterocycles. The zero-order valence-corrected chi connectivity index (χ0v) is 11.1. The van der Waals surface area contributed by atoms with Crippen LogP contribution in [0.5, 0.6) is 0 Å². The number of nitrogens with zero attached hydrogens (tertiary/aromatic N) is 1. The number of aliphatic hydroxyl groups excluding tert-OH is 1. The number of carbonyl (C=O) groups is 2. The lowest BCUT2D eigenvalue weighted by Gasteiger charge is -2.16. The van der Waals surface area contributed by atoms with E-state index < -0.39 is 0 Å². The molecule has 1 heterocycles. The smallest absolute Gasteiger partial charge is 0.234 e. The zero-order chi connectivity index (χ0) is 13.5. The average Bonchev–Trinajstić information content (AvgIpc) is 2.72. The minimum Gasteiger partial charge on any atom is -0.393 e. The Bertz CT molecular complexity index is 294. The molecule has 6 heteroatoms. The second kappa shape index (κ2) is 7.33. The number of carbonyl (C=O) groups excluding carboxylic acids is 2. The molecule has 0 aliphatic carbocycles. The SMILES string of the molecule is CC(=O)NCCNC(=O)CN1CCC(C(C)O)C1. The van der Waals surface area contributed by atoms with Gasteiger partial charge in [0, 0.05) is 26.6 Å². The summed E-state index contributed by atoms with van der Waals surface area (Å²) < 4.78 is 0. The Hall–Kier alpha value is -1.14. The Balaban J connectivity index is 2.12. The summed E-state index contributed by atoms with van der Waals surface area (Å²) in [6.07, 6.45) is 0.634. The van der Waals surface area contributed by atoms with E-state index in [1.54, 1.807) is 6.92 Å². The third kappa shape index (κ3) is 5.46. The molecular weight excluding hydrogens is 234 g/mol. The normalized spacial score (nSPS) is 21.6. The van der Waals surface area contributed by atoms with Crippen LogP contribution in [0.25, 0.3) is 0 Å². The van der Waals surface area contributed by atoms with E-state index in [4.69, 9.17) is 0 Å². The van der Waals surface area contributed by atoms with Gasteiger partial charge in [-0.2, -0.15) is 0 Å². The number of amides is 2. The molecule has 0 saturated carbocycles. The van der Waals surface area contributed by atoms with Crippen molar-refractivity contribution < 1.29 is 14.7 Å². The van der Waals surface area contributed by atoms with Gasteiger partial charge in [-0.1, -0.05) is 0 Å². The van der Waals surface area contributed by atoms with Crippen LogP contribution in [0.2, 0.25) is 0 Å². The maximum absolute atomic E-state index is 11.6. The molecule has 0 spiro atoms. The van der Waals surface area contributed by atoms with Crippen molar-refractivity contribution in [1.82, 2.24) is 15.5 Å². The van der Waals surface area contributed by atoms with Gasteiger partial charge in [-0.05, 0) is 25.8 Å². The van der Waals surface area contributed by atoms with Gasteiger partial charge in [0.2, 0.25) is 11.8 Å². The summed E-state index contributed by atoms with van der Waals surface area (Å²) in [6, 6.07) is 0. The molecule has 3 N–H and O–H groups in total. The first-order valence-electron chi connectivity index (χ1n) is 6.40. The molecule has 6 nitrogen and oxygen atoms in total. The Morgan fingerprint density at radius 3 is 2.61 bits per heavy atom. The van der Waals surface area contributed by atoms with Crippen molar-refractivity contribution >= 4 is 11.8 Å². The summed E-state index contributed by atoms with van der Waals surface area (Å²) in [4.78, 5) is 24.3. The maximum Gasteiger partial charge on any atom is 0.234 e. The molecule has 2 unspecified atom stereocenters. The Morgan fingerprint density at radius 2 is 2.06 bits per heavy atom. The monoisotopic (exact) mass is 257 g/mol. The maximum atomic E-state index is 11.6. The average molecular weight is 257 g/mol. The van der Waals surface area contributed by atoms with Crippen molar-refractivity contribution in [3.8, 4) is 0 Å². The van der Waals surface area contributed by atoms with E-state index in [0.717, 1.165) is 19.5 Å². The fourth-order valence-electron chi connectivity index (χ4n) is 2.10. The third-order valence-corrected chi connectivity index (χ3v) is 3.18. The zero-order valence-electron chi connectivity index (χ0n) is 11.1. The summed E-state index contributed by atoms with van der Waals surface area (Å²) in [5, 5.41) is 14.8. The number of aliphatic hydroxyl groups is 1. The van der Waals surface area contributed by atoms with E-state index in [9.17, 15) is 14.7 Å². The van der Waals surface area contributed by atoms with Crippen molar-refractivity contribution in [3.05, 3.63) is 0 Å². The molecule has 0 aromatic rings. The minimum absolute atomic E-state index is 0.0356. The highest BCUT2D eigenvalue weighted by atomic mass is 16.3. The molecule has 2 atom stereocenters. The highest BCUT2D eigenvalue weighted by molar-refractivity contribution is 5.78. The number of hydrogen-bond donors (Lipinski definition) is 3. The molecule has 18 heavy (non-hydrogen) atoms. The second-order valence-electron chi connectivity index (χ2n) is 4.86. The number of rotatable bonds is 6. The van der Waals surface area contributed by atoms with Crippen LogP contribution in [-0.2, 0) is 9.59 Å². The molecule has 0 radical (unpaired) electrons. The highest BCUT2D eigenvalue weighted by Crippen LogP contribution is 2.18. The van der Waals surface area contributed by atoms with Gasteiger partial charge in [0.1, 0.15) is 0 Å². The van der Waals surface area contributed by atoms with Crippen LogP contribution in [0, 0.1) is 5.92 Å². The molecule has 1 aliphatic rings. The summed E-state index contributed by atoms with van der Waals surface area (Å²) in [5.74, 6) is 0.146. The quantitative estimate of drug-likeness (QED) is 0.530. The van der Waals surface area contributed by atoms with E-state index in [1.165, 1.54) is 6.92 Å². The van der Waals surface area contributed by atoms with E-state index in [2.05, 4.69) is 10.6 Å². The predicted molar refractivity (Wildman–Crippen MR) is 67.9 cm³/mol. The van der Waals surface area contributed by atoms with Gasteiger partial charge >= 0.3 is 0 Å². The first-order chi connectivity index (χ1) is 8.49. The number of likely N-dealkylation sites (tertiary alicyclic amines) is 1. The lowest BCUT2D eigenvalue weighted by Crippen LogP contribution is -2.40. The highest BCUT2D eigenvalue weighted by Gasteiger charge is 2.26. The predicted octanol–water partition coefficient (Wildman–Crippen LogP) is -1.06. The summed E-state index contributed by atoms with van der Waals surface area (Å²) in [5.41, 5.74) is 0. The van der Waals surface area contributed by atoms with Crippen LogP contribution in [0.4, 0.5) is 0 Å². The topological polar surface area (TPSA) is 81.7 Å². The molecular formula is C12H23N3O3. The summed E-state index contributed by atoms with van der Waals surface area (Å²) in [7, 11) is 0. The van der Waals surface area contributed by atoms with Gasteiger partial charge in [-0.15, -0.1) is 0 Å².